The highest BCUT2D eigenvalue weighted by molar-refractivity contribution is 5.27. The van der Waals surface area contributed by atoms with Crippen LogP contribution in [-0.4, -0.2) is 13.2 Å². The van der Waals surface area contributed by atoms with Gasteiger partial charge in [0.25, 0.3) is 0 Å². The summed E-state index contributed by atoms with van der Waals surface area (Å²) in [6.07, 6.45) is 0.976. The van der Waals surface area contributed by atoms with E-state index in [1.807, 2.05) is 0 Å². The lowest BCUT2D eigenvalue weighted by atomic mass is 9.80. The lowest BCUT2D eigenvalue weighted by molar-refractivity contribution is -0.324. The van der Waals surface area contributed by atoms with E-state index in [4.69, 9.17) is 9.47 Å². The first-order valence-corrected chi connectivity index (χ1v) is 6.31. The molecule has 0 bridgehead atoms. The number of ether oxygens (including phenoxy) is 2. The van der Waals surface area contributed by atoms with Gasteiger partial charge in [0, 0.05) is 11.0 Å². The Balaban J connectivity index is 2.43. The van der Waals surface area contributed by atoms with Crippen LogP contribution >= 0.6 is 0 Å². The Bertz CT molecular complexity index is 367. The van der Waals surface area contributed by atoms with Crippen LogP contribution in [0.1, 0.15) is 38.3 Å². The molecular formula is C15H22O2. The van der Waals surface area contributed by atoms with Gasteiger partial charge in [-0.15, -0.1) is 0 Å². The zero-order chi connectivity index (χ0) is 12.5. The number of aryl methyl sites for hydroxylation is 1. The fourth-order valence-electron chi connectivity index (χ4n) is 2.34. The van der Waals surface area contributed by atoms with Crippen molar-refractivity contribution >= 4 is 0 Å². The Labute approximate surface area is 104 Å². The quantitative estimate of drug-likeness (QED) is 0.738. The Morgan fingerprint density at radius 2 is 1.53 bits per heavy atom. The Morgan fingerprint density at radius 1 is 1.00 bits per heavy atom. The maximum Gasteiger partial charge on any atom is 0.199 e. The van der Waals surface area contributed by atoms with Gasteiger partial charge in [0.05, 0.1) is 13.2 Å². The molecule has 1 aromatic carbocycles. The molecular weight excluding hydrogens is 212 g/mol. The van der Waals surface area contributed by atoms with Crippen LogP contribution in [-0.2, 0) is 15.3 Å². The summed E-state index contributed by atoms with van der Waals surface area (Å²) in [6.45, 7) is 10.1. The highest BCUT2D eigenvalue weighted by atomic mass is 16.7. The SMILES string of the molecule is Cc1ccc(C2(C(C)(C)C)OCCCO2)cc1. The van der Waals surface area contributed by atoms with Gasteiger partial charge >= 0.3 is 0 Å². The molecule has 1 aromatic rings. The van der Waals surface area contributed by atoms with E-state index in [1.165, 1.54) is 5.56 Å². The first kappa shape index (κ1) is 12.6. The van der Waals surface area contributed by atoms with Crippen molar-refractivity contribution in [2.24, 2.45) is 5.41 Å². The van der Waals surface area contributed by atoms with E-state index in [0.29, 0.717) is 0 Å². The minimum absolute atomic E-state index is 0.0807. The maximum atomic E-state index is 6.03. The largest absolute Gasteiger partial charge is 0.345 e. The third kappa shape index (κ3) is 2.24. The average Bonchev–Trinajstić information content (AvgIpc) is 2.29. The van der Waals surface area contributed by atoms with E-state index in [9.17, 15) is 0 Å². The van der Waals surface area contributed by atoms with Crippen molar-refractivity contribution in [3.05, 3.63) is 35.4 Å². The first-order valence-electron chi connectivity index (χ1n) is 6.31. The highest BCUT2D eigenvalue weighted by Gasteiger charge is 2.47. The van der Waals surface area contributed by atoms with Crippen LogP contribution in [0.2, 0.25) is 0 Å². The lowest BCUT2D eigenvalue weighted by Gasteiger charge is -2.46. The molecule has 0 radical (unpaired) electrons. The molecule has 1 aliphatic heterocycles. The second-order valence-corrected chi connectivity index (χ2v) is 5.78. The lowest BCUT2D eigenvalue weighted by Crippen LogP contribution is -2.48. The second-order valence-electron chi connectivity index (χ2n) is 5.78. The molecule has 1 saturated heterocycles. The van der Waals surface area contributed by atoms with Gasteiger partial charge in [-0.1, -0.05) is 50.6 Å². The van der Waals surface area contributed by atoms with Crippen LogP contribution in [0, 0.1) is 12.3 Å². The van der Waals surface area contributed by atoms with Gasteiger partial charge in [-0.05, 0) is 13.3 Å². The minimum Gasteiger partial charge on any atom is -0.345 e. The van der Waals surface area contributed by atoms with E-state index < -0.39 is 5.79 Å². The van der Waals surface area contributed by atoms with Crippen LogP contribution in [0.4, 0.5) is 0 Å². The molecule has 17 heavy (non-hydrogen) atoms. The van der Waals surface area contributed by atoms with Crippen molar-refractivity contribution in [2.75, 3.05) is 13.2 Å². The van der Waals surface area contributed by atoms with Crippen molar-refractivity contribution < 1.29 is 9.47 Å². The van der Waals surface area contributed by atoms with Crippen molar-refractivity contribution in [3.63, 3.8) is 0 Å². The Kier molecular flexibility index (Phi) is 3.28. The van der Waals surface area contributed by atoms with Crippen LogP contribution in [0.5, 0.6) is 0 Å². The first-order chi connectivity index (χ1) is 7.96. The number of benzene rings is 1. The summed E-state index contributed by atoms with van der Waals surface area (Å²) in [5.74, 6) is -0.598. The molecule has 2 heteroatoms. The molecule has 2 nitrogen and oxygen atoms in total. The summed E-state index contributed by atoms with van der Waals surface area (Å²) in [4.78, 5) is 0. The fourth-order valence-corrected chi connectivity index (χ4v) is 2.34. The van der Waals surface area contributed by atoms with Gasteiger partial charge in [-0.25, -0.2) is 0 Å². The summed E-state index contributed by atoms with van der Waals surface area (Å²) >= 11 is 0. The fraction of sp³-hybridized carbons (Fsp3) is 0.600. The summed E-state index contributed by atoms with van der Waals surface area (Å²) < 4.78 is 12.1. The van der Waals surface area contributed by atoms with Gasteiger partial charge in [0.1, 0.15) is 0 Å². The summed E-state index contributed by atoms with van der Waals surface area (Å²) in [6, 6.07) is 8.46. The van der Waals surface area contributed by atoms with Gasteiger partial charge in [-0.3, -0.25) is 0 Å². The molecule has 2 rings (SSSR count). The predicted octanol–water partition coefficient (Wildman–Crippen LogP) is 3.63. The number of rotatable bonds is 1. The molecule has 1 fully saturated rings. The smallest absolute Gasteiger partial charge is 0.199 e. The van der Waals surface area contributed by atoms with E-state index in [2.05, 4.69) is 52.0 Å². The molecule has 1 heterocycles. The van der Waals surface area contributed by atoms with Crippen molar-refractivity contribution in [2.45, 2.75) is 39.9 Å². The number of hydrogen-bond donors (Lipinski definition) is 0. The maximum absolute atomic E-state index is 6.03. The van der Waals surface area contributed by atoms with Crippen LogP contribution in [0.25, 0.3) is 0 Å². The van der Waals surface area contributed by atoms with Crippen LogP contribution < -0.4 is 0 Å². The van der Waals surface area contributed by atoms with Gasteiger partial charge in [0.15, 0.2) is 5.79 Å². The molecule has 0 atom stereocenters. The standard InChI is InChI=1S/C15H22O2/c1-12-6-8-13(9-7-12)15(14(2,3)4)16-10-5-11-17-15/h6-9H,5,10-11H2,1-4H3. The topological polar surface area (TPSA) is 18.5 Å². The molecule has 0 unspecified atom stereocenters. The predicted molar refractivity (Wildman–Crippen MR) is 68.8 cm³/mol. The molecule has 0 amide bonds. The van der Waals surface area contributed by atoms with E-state index in [0.717, 1.165) is 25.2 Å². The third-order valence-electron chi connectivity index (χ3n) is 3.32. The van der Waals surface area contributed by atoms with Crippen LogP contribution in [0.3, 0.4) is 0 Å². The minimum atomic E-state index is -0.598. The molecule has 94 valence electrons. The molecule has 1 aliphatic rings. The highest BCUT2D eigenvalue weighted by Crippen LogP contribution is 2.45. The van der Waals surface area contributed by atoms with Crippen LogP contribution in [0.15, 0.2) is 24.3 Å². The van der Waals surface area contributed by atoms with Crippen molar-refractivity contribution in [1.29, 1.82) is 0 Å². The Hall–Kier alpha value is -0.860. The number of hydrogen-bond acceptors (Lipinski definition) is 2. The van der Waals surface area contributed by atoms with E-state index in [1.54, 1.807) is 0 Å². The second kappa shape index (κ2) is 4.43. The zero-order valence-electron chi connectivity index (χ0n) is 11.2. The average molecular weight is 234 g/mol. The third-order valence-corrected chi connectivity index (χ3v) is 3.32. The molecule has 0 aliphatic carbocycles. The molecule has 0 saturated carbocycles. The van der Waals surface area contributed by atoms with Gasteiger partial charge in [0.2, 0.25) is 0 Å². The zero-order valence-corrected chi connectivity index (χ0v) is 11.2. The summed E-state index contributed by atoms with van der Waals surface area (Å²) in [5, 5.41) is 0. The van der Waals surface area contributed by atoms with Crippen molar-refractivity contribution in [1.82, 2.24) is 0 Å². The van der Waals surface area contributed by atoms with E-state index >= 15 is 0 Å². The molecule has 0 spiro atoms. The monoisotopic (exact) mass is 234 g/mol. The van der Waals surface area contributed by atoms with E-state index in [-0.39, 0.29) is 5.41 Å². The molecule has 0 N–H and O–H groups in total. The molecule has 0 aromatic heterocycles. The Morgan fingerprint density at radius 3 is 2.00 bits per heavy atom. The van der Waals surface area contributed by atoms with Crippen molar-refractivity contribution in [3.8, 4) is 0 Å². The summed E-state index contributed by atoms with van der Waals surface area (Å²) in [7, 11) is 0. The van der Waals surface area contributed by atoms with Gasteiger partial charge < -0.3 is 9.47 Å². The van der Waals surface area contributed by atoms with Gasteiger partial charge in [-0.2, -0.15) is 0 Å². The normalized spacial score (nSPS) is 20.2. The summed E-state index contributed by atoms with van der Waals surface area (Å²) in [5.41, 5.74) is 2.30.